The third-order valence-corrected chi connectivity index (χ3v) is 6.89. The zero-order valence-electron chi connectivity index (χ0n) is 19.5. The first-order chi connectivity index (χ1) is 16.1. The van der Waals surface area contributed by atoms with Crippen LogP contribution in [-0.2, 0) is 23.4 Å². The fraction of sp³-hybridized carbons (Fsp3) is 0.370. The number of nitrogens with zero attached hydrogens (tertiary/aromatic N) is 2. The maximum Gasteiger partial charge on any atom is 0.253 e. The van der Waals surface area contributed by atoms with Crippen molar-refractivity contribution in [1.82, 2.24) is 9.47 Å². The predicted octanol–water partition coefficient (Wildman–Crippen LogP) is 4.72. The molecule has 2 aliphatic heterocycles. The number of aryl methyl sites for hydroxylation is 1. The Morgan fingerprint density at radius 3 is 2.64 bits per heavy atom. The highest BCUT2D eigenvalue weighted by atomic mass is 16.5. The molecule has 1 aromatic heterocycles. The van der Waals surface area contributed by atoms with Crippen LogP contribution in [0, 0.1) is 0 Å². The standard InChI is InChI=1S/C27H30N2O4/c1-4-20-8-9-21(17-23(20)32-3)26(30)28-14-11-27(12-15-28)25-6-5-13-29(25)22-10-7-19(18-31-2)16-24(22)33-27/h5-10,13,16-17H,4,11-12,14-15,18H2,1-3H3. The van der Waals surface area contributed by atoms with Crippen LogP contribution in [0.1, 0.15) is 46.9 Å². The van der Waals surface area contributed by atoms with Gasteiger partial charge >= 0.3 is 0 Å². The lowest BCUT2D eigenvalue weighted by Crippen LogP contribution is -2.50. The second-order valence-corrected chi connectivity index (χ2v) is 8.77. The minimum atomic E-state index is -0.442. The van der Waals surface area contributed by atoms with Crippen LogP contribution in [-0.4, -0.2) is 42.7 Å². The second-order valence-electron chi connectivity index (χ2n) is 8.77. The van der Waals surface area contributed by atoms with Gasteiger partial charge in [0.15, 0.2) is 5.60 Å². The molecule has 0 saturated carbocycles. The zero-order chi connectivity index (χ0) is 23.0. The summed E-state index contributed by atoms with van der Waals surface area (Å²) in [5, 5.41) is 0. The summed E-state index contributed by atoms with van der Waals surface area (Å²) in [5.74, 6) is 1.68. The van der Waals surface area contributed by atoms with Crippen molar-refractivity contribution in [2.24, 2.45) is 0 Å². The average Bonchev–Trinajstić information content (AvgIpc) is 3.35. The fourth-order valence-electron chi connectivity index (χ4n) is 5.10. The van der Waals surface area contributed by atoms with Gasteiger partial charge in [-0.05, 0) is 53.9 Å². The summed E-state index contributed by atoms with van der Waals surface area (Å²) >= 11 is 0. The monoisotopic (exact) mass is 446 g/mol. The lowest BCUT2D eigenvalue weighted by atomic mass is 9.86. The van der Waals surface area contributed by atoms with E-state index in [1.54, 1.807) is 14.2 Å². The Bertz CT molecular complexity index is 1170. The molecule has 6 nitrogen and oxygen atoms in total. The quantitative estimate of drug-likeness (QED) is 0.569. The van der Waals surface area contributed by atoms with Gasteiger partial charge in [0.2, 0.25) is 0 Å². The van der Waals surface area contributed by atoms with E-state index < -0.39 is 5.60 Å². The number of piperidine rings is 1. The number of rotatable bonds is 5. The van der Waals surface area contributed by atoms with Crippen molar-refractivity contribution in [3.8, 4) is 17.2 Å². The summed E-state index contributed by atoms with van der Waals surface area (Å²) in [6.07, 6.45) is 4.43. The summed E-state index contributed by atoms with van der Waals surface area (Å²) < 4.78 is 19.7. The third-order valence-electron chi connectivity index (χ3n) is 6.89. The molecule has 5 rings (SSSR count). The molecule has 3 heterocycles. The van der Waals surface area contributed by atoms with Gasteiger partial charge in [0, 0.05) is 44.8 Å². The summed E-state index contributed by atoms with van der Waals surface area (Å²) in [5.41, 5.74) is 4.61. The van der Waals surface area contributed by atoms with Crippen LogP contribution in [0.15, 0.2) is 54.7 Å². The normalized spacial score (nSPS) is 16.2. The van der Waals surface area contributed by atoms with Gasteiger partial charge in [0.25, 0.3) is 5.91 Å². The highest BCUT2D eigenvalue weighted by Gasteiger charge is 2.44. The molecule has 3 aromatic rings. The molecule has 2 aromatic carbocycles. The minimum Gasteiger partial charge on any atom is -0.496 e. The molecule has 172 valence electrons. The van der Waals surface area contributed by atoms with E-state index in [0.717, 1.165) is 53.3 Å². The van der Waals surface area contributed by atoms with E-state index in [-0.39, 0.29) is 5.91 Å². The van der Waals surface area contributed by atoms with Crippen LogP contribution in [0.3, 0.4) is 0 Å². The molecular weight excluding hydrogens is 416 g/mol. The molecule has 0 bridgehead atoms. The zero-order valence-corrected chi connectivity index (χ0v) is 19.5. The van der Waals surface area contributed by atoms with Crippen molar-refractivity contribution in [1.29, 1.82) is 0 Å². The van der Waals surface area contributed by atoms with Crippen molar-refractivity contribution in [3.63, 3.8) is 0 Å². The van der Waals surface area contributed by atoms with Gasteiger partial charge in [-0.1, -0.05) is 19.1 Å². The van der Waals surface area contributed by atoms with E-state index >= 15 is 0 Å². The summed E-state index contributed by atoms with van der Waals surface area (Å²) in [4.78, 5) is 15.2. The fourth-order valence-corrected chi connectivity index (χ4v) is 5.10. The van der Waals surface area contributed by atoms with Crippen LogP contribution in [0.4, 0.5) is 0 Å². The molecule has 1 amide bonds. The van der Waals surface area contributed by atoms with Crippen molar-refractivity contribution in [2.45, 2.75) is 38.4 Å². The summed E-state index contributed by atoms with van der Waals surface area (Å²) in [6, 6.07) is 16.2. The Hall–Kier alpha value is -3.25. The number of amides is 1. The van der Waals surface area contributed by atoms with Crippen LogP contribution >= 0.6 is 0 Å². The van der Waals surface area contributed by atoms with E-state index in [1.165, 1.54) is 0 Å². The van der Waals surface area contributed by atoms with E-state index in [2.05, 4.69) is 48.0 Å². The molecule has 6 heteroatoms. The number of fused-ring (bicyclic) bond motifs is 4. The largest absolute Gasteiger partial charge is 0.496 e. The van der Waals surface area contributed by atoms with Gasteiger partial charge in [0.1, 0.15) is 11.5 Å². The van der Waals surface area contributed by atoms with Crippen molar-refractivity contribution in [2.75, 3.05) is 27.3 Å². The molecule has 0 N–H and O–H groups in total. The summed E-state index contributed by atoms with van der Waals surface area (Å²) in [7, 11) is 3.35. The Morgan fingerprint density at radius 1 is 1.09 bits per heavy atom. The number of aromatic nitrogens is 1. The molecule has 1 fully saturated rings. The number of likely N-dealkylation sites (tertiary alicyclic amines) is 1. The topological polar surface area (TPSA) is 52.9 Å². The van der Waals surface area contributed by atoms with Crippen molar-refractivity contribution in [3.05, 3.63) is 77.1 Å². The number of benzene rings is 2. The van der Waals surface area contributed by atoms with Crippen molar-refractivity contribution < 1.29 is 19.0 Å². The van der Waals surface area contributed by atoms with Crippen LogP contribution in [0.5, 0.6) is 11.5 Å². The highest BCUT2D eigenvalue weighted by Crippen LogP contribution is 2.45. The van der Waals surface area contributed by atoms with E-state index in [0.29, 0.717) is 25.3 Å². The van der Waals surface area contributed by atoms with Gasteiger partial charge in [-0.25, -0.2) is 0 Å². The third kappa shape index (κ3) is 3.68. The molecule has 2 aliphatic rings. The van der Waals surface area contributed by atoms with Gasteiger partial charge in [-0.3, -0.25) is 4.79 Å². The lowest BCUT2D eigenvalue weighted by Gasteiger charge is -2.45. The predicted molar refractivity (Wildman–Crippen MR) is 126 cm³/mol. The molecule has 0 atom stereocenters. The first kappa shape index (κ1) is 21.6. The number of carbonyl (C=O) groups excluding carboxylic acids is 1. The smallest absolute Gasteiger partial charge is 0.253 e. The first-order valence-electron chi connectivity index (χ1n) is 11.5. The van der Waals surface area contributed by atoms with Crippen LogP contribution in [0.2, 0.25) is 0 Å². The molecule has 0 unspecified atom stereocenters. The van der Waals surface area contributed by atoms with E-state index in [9.17, 15) is 4.79 Å². The SMILES string of the molecule is CCc1ccc(C(=O)N2CCC3(CC2)Oc2cc(COC)ccc2-n2cccc23)cc1OC. The van der Waals surface area contributed by atoms with Gasteiger partial charge < -0.3 is 23.7 Å². The van der Waals surface area contributed by atoms with Crippen molar-refractivity contribution >= 4 is 5.91 Å². The minimum absolute atomic E-state index is 0.0415. The molecule has 1 spiro atoms. The van der Waals surface area contributed by atoms with Gasteiger partial charge in [-0.2, -0.15) is 0 Å². The number of carbonyl (C=O) groups is 1. The lowest BCUT2D eigenvalue weighted by molar-refractivity contribution is -0.00945. The molecule has 1 saturated heterocycles. The Kier molecular flexibility index (Phi) is 5.62. The van der Waals surface area contributed by atoms with Gasteiger partial charge in [0.05, 0.1) is 25.1 Å². The maximum absolute atomic E-state index is 13.3. The van der Waals surface area contributed by atoms with Crippen LogP contribution < -0.4 is 9.47 Å². The Balaban J connectivity index is 1.38. The number of hydrogen-bond donors (Lipinski definition) is 0. The first-order valence-corrected chi connectivity index (χ1v) is 11.5. The second kappa shape index (κ2) is 8.60. The molecule has 0 radical (unpaired) electrons. The van der Waals surface area contributed by atoms with E-state index in [1.807, 2.05) is 23.1 Å². The Morgan fingerprint density at radius 2 is 1.91 bits per heavy atom. The molecule has 0 aliphatic carbocycles. The summed E-state index contributed by atoms with van der Waals surface area (Å²) in [6.45, 7) is 3.90. The van der Waals surface area contributed by atoms with Gasteiger partial charge in [-0.15, -0.1) is 0 Å². The highest BCUT2D eigenvalue weighted by molar-refractivity contribution is 5.94. The Labute approximate surface area is 194 Å². The average molecular weight is 447 g/mol. The maximum atomic E-state index is 13.3. The van der Waals surface area contributed by atoms with E-state index in [4.69, 9.17) is 14.2 Å². The number of methoxy groups -OCH3 is 2. The van der Waals surface area contributed by atoms with Crippen LogP contribution in [0.25, 0.3) is 5.69 Å². The molecular formula is C27H30N2O4. The molecule has 33 heavy (non-hydrogen) atoms. The number of hydrogen-bond acceptors (Lipinski definition) is 4. The number of ether oxygens (including phenoxy) is 3.